The number of nitrogens with zero attached hydrogens (tertiary/aromatic N) is 1. The van der Waals surface area contributed by atoms with Gasteiger partial charge in [0.25, 0.3) is 0 Å². The minimum atomic E-state index is -1.75. The molecule has 0 aromatic heterocycles. The molecule has 0 amide bonds. The summed E-state index contributed by atoms with van der Waals surface area (Å²) >= 11 is 0. The lowest BCUT2D eigenvalue weighted by molar-refractivity contribution is 0.250. The largest absolute Gasteiger partial charge is 0.309 e. The maximum Gasteiger partial charge on any atom is 0.187 e. The fourth-order valence-corrected chi connectivity index (χ4v) is 9.31. The number of hydrogen-bond donors (Lipinski definition) is 0. The second-order valence-corrected chi connectivity index (χ2v) is 14.8. The summed E-state index contributed by atoms with van der Waals surface area (Å²) < 4.78 is 18.4. The van der Waals surface area contributed by atoms with E-state index in [1.165, 1.54) is 32.7 Å². The van der Waals surface area contributed by atoms with Crippen molar-refractivity contribution in [2.45, 2.75) is 38.3 Å². The number of alkyl halides is 1. The van der Waals surface area contributed by atoms with Crippen molar-refractivity contribution in [1.82, 2.24) is 0 Å². The van der Waals surface area contributed by atoms with Gasteiger partial charge in [-0.3, -0.25) is 0 Å². The molecule has 0 atom stereocenters. The molecule has 3 aliphatic carbocycles. The average Bonchev–Trinajstić information content (AvgIpc) is 3.09. The van der Waals surface area contributed by atoms with Gasteiger partial charge < -0.3 is 4.90 Å². The number of benzene rings is 7. The van der Waals surface area contributed by atoms with Gasteiger partial charge in [-0.25, -0.2) is 4.39 Å². The van der Waals surface area contributed by atoms with Gasteiger partial charge in [0.15, 0.2) is 5.67 Å². The summed E-state index contributed by atoms with van der Waals surface area (Å²) in [6.07, 6.45) is 0.952. The van der Waals surface area contributed by atoms with Crippen LogP contribution in [-0.4, -0.2) is 0 Å². The van der Waals surface area contributed by atoms with Crippen molar-refractivity contribution in [1.29, 1.82) is 0 Å². The zero-order valence-corrected chi connectivity index (χ0v) is 26.8. The highest BCUT2D eigenvalue weighted by molar-refractivity contribution is 6.15. The second-order valence-electron chi connectivity index (χ2n) is 14.8. The van der Waals surface area contributed by atoms with Crippen LogP contribution >= 0.6 is 0 Å². The first-order valence-corrected chi connectivity index (χ1v) is 16.7. The molecule has 0 N–H and O–H groups in total. The number of halogens is 1. The smallest absolute Gasteiger partial charge is 0.187 e. The Labute approximate surface area is 274 Å². The van der Waals surface area contributed by atoms with Gasteiger partial charge in [-0.2, -0.15) is 0 Å². The van der Waals surface area contributed by atoms with Gasteiger partial charge in [0, 0.05) is 27.6 Å². The van der Waals surface area contributed by atoms with Crippen molar-refractivity contribution < 1.29 is 4.39 Å². The predicted molar refractivity (Wildman–Crippen MR) is 192 cm³/mol. The highest BCUT2D eigenvalue weighted by Gasteiger charge is 2.63. The average molecular weight is 608 g/mol. The lowest BCUT2D eigenvalue weighted by Gasteiger charge is -2.57. The van der Waals surface area contributed by atoms with Gasteiger partial charge in [-0.05, 0) is 68.4 Å². The molecule has 47 heavy (non-hydrogen) atoms. The van der Waals surface area contributed by atoms with Crippen molar-refractivity contribution >= 4 is 38.6 Å². The zero-order valence-electron chi connectivity index (χ0n) is 26.8. The van der Waals surface area contributed by atoms with E-state index in [1.54, 1.807) is 0 Å². The summed E-state index contributed by atoms with van der Waals surface area (Å²) in [6.45, 7) is 6.91. The van der Waals surface area contributed by atoms with E-state index in [1.807, 2.05) is 30.3 Å². The third-order valence-corrected chi connectivity index (χ3v) is 10.9. The van der Waals surface area contributed by atoms with Crippen LogP contribution in [0.5, 0.6) is 0 Å². The van der Waals surface area contributed by atoms with Crippen molar-refractivity contribution in [3.05, 3.63) is 184 Å². The normalized spacial score (nSPS) is 20.1. The van der Waals surface area contributed by atoms with Crippen LogP contribution in [0.3, 0.4) is 0 Å². The SMILES string of the molecule is CC(C)(C)Cc1ccc2c(c1)N(c1cc3ccccc3c3ccccc13)c1cccc3c1C21c2ccccc2C3(F)c2ccccc21. The Kier molecular flexibility index (Phi) is 5.15. The van der Waals surface area contributed by atoms with Gasteiger partial charge in [0.05, 0.1) is 22.5 Å². The van der Waals surface area contributed by atoms with Crippen LogP contribution in [0, 0.1) is 5.41 Å². The molecule has 226 valence electrons. The lowest BCUT2D eigenvalue weighted by atomic mass is 9.48. The van der Waals surface area contributed by atoms with E-state index in [0.29, 0.717) is 0 Å². The molecule has 2 bridgehead atoms. The molecule has 0 saturated heterocycles. The Morgan fingerprint density at radius 2 is 1.11 bits per heavy atom. The Morgan fingerprint density at radius 1 is 0.511 bits per heavy atom. The van der Waals surface area contributed by atoms with Crippen LogP contribution in [0.2, 0.25) is 0 Å². The third kappa shape index (κ3) is 3.28. The Morgan fingerprint density at radius 3 is 1.81 bits per heavy atom. The molecule has 0 unspecified atom stereocenters. The van der Waals surface area contributed by atoms with E-state index >= 15 is 4.39 Å². The minimum absolute atomic E-state index is 0.120. The van der Waals surface area contributed by atoms with Crippen LogP contribution in [0.4, 0.5) is 21.5 Å². The van der Waals surface area contributed by atoms with Gasteiger partial charge in [0.1, 0.15) is 0 Å². The summed E-state index contributed by atoms with van der Waals surface area (Å²) in [6, 6.07) is 49.7. The third-order valence-electron chi connectivity index (χ3n) is 10.9. The van der Waals surface area contributed by atoms with E-state index in [-0.39, 0.29) is 5.41 Å². The molecule has 1 nitrogen and oxygen atoms in total. The number of anilines is 3. The summed E-state index contributed by atoms with van der Waals surface area (Å²) in [5.74, 6) is 0. The van der Waals surface area contributed by atoms with E-state index in [2.05, 4.69) is 135 Å². The van der Waals surface area contributed by atoms with Crippen molar-refractivity contribution in [3.8, 4) is 0 Å². The van der Waals surface area contributed by atoms with Crippen LogP contribution in [0.25, 0.3) is 21.5 Å². The van der Waals surface area contributed by atoms with Crippen LogP contribution in [0.15, 0.2) is 140 Å². The van der Waals surface area contributed by atoms with Crippen LogP contribution in [0.1, 0.15) is 65.3 Å². The van der Waals surface area contributed by atoms with Gasteiger partial charge in [-0.15, -0.1) is 0 Å². The van der Waals surface area contributed by atoms with Crippen LogP contribution in [-0.2, 0) is 17.5 Å². The first kappa shape index (κ1) is 27.0. The fourth-order valence-electron chi connectivity index (χ4n) is 9.31. The van der Waals surface area contributed by atoms with Crippen molar-refractivity contribution in [2.75, 3.05) is 4.90 Å². The topological polar surface area (TPSA) is 3.24 Å². The summed E-state index contributed by atoms with van der Waals surface area (Å²) in [5, 5.41) is 4.83. The maximum absolute atomic E-state index is 18.4. The highest BCUT2D eigenvalue weighted by Crippen LogP contribution is 2.70. The quantitative estimate of drug-likeness (QED) is 0.177. The van der Waals surface area contributed by atoms with E-state index in [9.17, 15) is 0 Å². The van der Waals surface area contributed by atoms with E-state index < -0.39 is 11.1 Å². The molecule has 4 aliphatic rings. The molecular weight excluding hydrogens is 574 g/mol. The van der Waals surface area contributed by atoms with Gasteiger partial charge >= 0.3 is 0 Å². The number of rotatable bonds is 2. The molecular formula is C45H34FN. The Bertz CT molecular complexity index is 2420. The summed E-state index contributed by atoms with van der Waals surface area (Å²) in [5.41, 5.74) is 9.00. The summed E-state index contributed by atoms with van der Waals surface area (Å²) in [7, 11) is 0. The molecule has 1 heterocycles. The van der Waals surface area contributed by atoms with Crippen LogP contribution < -0.4 is 4.90 Å². The van der Waals surface area contributed by atoms with Gasteiger partial charge in [-0.1, -0.05) is 142 Å². The zero-order chi connectivity index (χ0) is 31.7. The molecule has 0 saturated carbocycles. The maximum atomic E-state index is 18.4. The van der Waals surface area contributed by atoms with E-state index in [0.717, 1.165) is 56.9 Å². The van der Waals surface area contributed by atoms with Crippen molar-refractivity contribution in [2.24, 2.45) is 5.41 Å². The molecule has 11 rings (SSSR count). The van der Waals surface area contributed by atoms with Crippen molar-refractivity contribution in [3.63, 3.8) is 0 Å². The monoisotopic (exact) mass is 607 g/mol. The highest BCUT2D eigenvalue weighted by atomic mass is 19.1. The molecule has 1 spiro atoms. The summed E-state index contributed by atoms with van der Waals surface area (Å²) in [4.78, 5) is 2.45. The Balaban J connectivity index is 1.40. The predicted octanol–water partition coefficient (Wildman–Crippen LogP) is 11.6. The standard InChI is InChI=1S/C45H34FN/c1-43(2,3)27-28-23-24-37-41(25-28)47(40-26-29-13-4-5-14-30(29)31-15-6-7-16-32(31)40)39-22-12-21-38-42(39)44(37)33-17-8-10-19-35(33)45(38,46)36-20-11-9-18-34(36)44/h4-26H,27H2,1-3H3. The van der Waals surface area contributed by atoms with Gasteiger partial charge in [0.2, 0.25) is 0 Å². The molecule has 1 aliphatic heterocycles. The minimum Gasteiger partial charge on any atom is -0.309 e. The molecule has 0 radical (unpaired) electrons. The lowest BCUT2D eigenvalue weighted by Crippen LogP contribution is -2.52. The molecule has 7 aromatic carbocycles. The first-order valence-electron chi connectivity index (χ1n) is 16.7. The fraction of sp³-hybridized carbons (Fsp3) is 0.156. The molecule has 7 aromatic rings. The molecule has 2 heteroatoms. The van der Waals surface area contributed by atoms with E-state index in [4.69, 9.17) is 0 Å². The molecule has 0 fully saturated rings. The number of fused-ring (bicyclic) bond motifs is 4. The first-order chi connectivity index (χ1) is 22.8. The second kappa shape index (κ2) is 8.98. The Hall–Kier alpha value is -5.21. The number of hydrogen-bond acceptors (Lipinski definition) is 1.